The van der Waals surface area contributed by atoms with E-state index in [1.54, 1.807) is 26.8 Å². The summed E-state index contributed by atoms with van der Waals surface area (Å²) in [5.41, 5.74) is -0.569. The van der Waals surface area contributed by atoms with Crippen molar-refractivity contribution >= 4 is 17.7 Å². The van der Waals surface area contributed by atoms with Crippen LogP contribution in [0.5, 0.6) is 0 Å². The molecule has 0 bridgehead atoms. The number of nitrogens with one attached hydrogen (secondary N) is 1. The number of nitrogens with zero attached hydrogens (tertiary/aromatic N) is 1. The van der Waals surface area contributed by atoms with Gasteiger partial charge in [-0.2, -0.15) is 0 Å². The summed E-state index contributed by atoms with van der Waals surface area (Å²) in [6.45, 7) is 5.11. The minimum absolute atomic E-state index is 0.0862. The van der Waals surface area contributed by atoms with Crippen LogP contribution in [0.4, 0.5) is 14.9 Å². The first-order chi connectivity index (χ1) is 9.14. The molecule has 0 aliphatic heterocycles. The normalized spacial score (nSPS) is 12.7. The van der Waals surface area contributed by atoms with Gasteiger partial charge < -0.3 is 10.4 Å². The van der Waals surface area contributed by atoms with Crippen LogP contribution in [0.25, 0.3) is 0 Å². The molecule has 0 aromatic heterocycles. The Kier molecular flexibility index (Phi) is 4.70. The number of amides is 2. The number of hydrogen-bond donors (Lipinski definition) is 2. The van der Waals surface area contributed by atoms with E-state index in [9.17, 15) is 14.0 Å². The molecule has 5 nitrogen and oxygen atoms in total. The molecule has 0 saturated carbocycles. The number of carbonyl (C=O) groups excluding carboxylic acids is 1. The Morgan fingerprint density at radius 2 is 1.85 bits per heavy atom. The molecule has 0 radical (unpaired) electrons. The molecule has 1 atom stereocenters. The zero-order valence-electron chi connectivity index (χ0n) is 12.0. The van der Waals surface area contributed by atoms with Gasteiger partial charge in [-0.25, -0.2) is 14.0 Å². The maximum atomic E-state index is 13.6. The predicted octanol–water partition coefficient (Wildman–Crippen LogP) is 2.47. The highest BCUT2D eigenvalue weighted by Crippen LogP contribution is 2.21. The van der Waals surface area contributed by atoms with E-state index in [4.69, 9.17) is 5.11 Å². The Bertz CT molecular complexity index is 511. The van der Waals surface area contributed by atoms with Gasteiger partial charge in [-0.05, 0) is 17.5 Å². The van der Waals surface area contributed by atoms with Crippen LogP contribution >= 0.6 is 0 Å². The van der Waals surface area contributed by atoms with Gasteiger partial charge in [0.1, 0.15) is 11.9 Å². The lowest BCUT2D eigenvalue weighted by Crippen LogP contribution is -2.52. The standard InChI is InChI=1S/C14H19FN2O3/c1-14(2,3)11(12(18)19)16-13(20)17(4)10-8-6-5-7-9(10)15/h5-8,11H,1-4H3,(H,16,20)(H,18,19)/t11-/m1/s1. The first-order valence-corrected chi connectivity index (χ1v) is 6.16. The van der Waals surface area contributed by atoms with Crippen molar-refractivity contribution in [2.45, 2.75) is 26.8 Å². The second kappa shape index (κ2) is 5.90. The zero-order valence-corrected chi connectivity index (χ0v) is 12.0. The summed E-state index contributed by atoms with van der Waals surface area (Å²) in [6, 6.07) is 4.06. The van der Waals surface area contributed by atoms with E-state index < -0.39 is 29.3 Å². The van der Waals surface area contributed by atoms with Gasteiger partial charge in [0.2, 0.25) is 0 Å². The topological polar surface area (TPSA) is 69.6 Å². The number of urea groups is 1. The first-order valence-electron chi connectivity index (χ1n) is 6.16. The number of halogens is 1. The molecule has 0 heterocycles. The third-order valence-corrected chi connectivity index (χ3v) is 2.90. The van der Waals surface area contributed by atoms with Gasteiger partial charge in [-0.15, -0.1) is 0 Å². The van der Waals surface area contributed by atoms with Gasteiger partial charge in [0.25, 0.3) is 0 Å². The number of carbonyl (C=O) groups is 2. The van der Waals surface area contributed by atoms with Crippen LogP contribution in [-0.2, 0) is 4.79 Å². The third-order valence-electron chi connectivity index (χ3n) is 2.90. The van der Waals surface area contributed by atoms with Crippen molar-refractivity contribution in [2.75, 3.05) is 11.9 Å². The van der Waals surface area contributed by atoms with Crippen LogP contribution in [0.3, 0.4) is 0 Å². The van der Waals surface area contributed by atoms with Gasteiger partial charge in [-0.1, -0.05) is 32.9 Å². The lowest BCUT2D eigenvalue weighted by molar-refractivity contribution is -0.141. The molecule has 0 spiro atoms. The molecular formula is C14H19FN2O3. The summed E-state index contributed by atoms with van der Waals surface area (Å²) < 4.78 is 13.6. The number of aliphatic carboxylic acids is 1. The van der Waals surface area contributed by atoms with Crippen LogP contribution in [-0.4, -0.2) is 30.2 Å². The number of anilines is 1. The van der Waals surface area contributed by atoms with Crippen molar-refractivity contribution in [1.29, 1.82) is 0 Å². The quantitative estimate of drug-likeness (QED) is 0.894. The van der Waals surface area contributed by atoms with Gasteiger partial charge in [0.15, 0.2) is 0 Å². The summed E-state index contributed by atoms with van der Waals surface area (Å²) in [5.74, 6) is -1.68. The van der Waals surface area contributed by atoms with E-state index in [0.717, 1.165) is 4.90 Å². The van der Waals surface area contributed by atoms with Gasteiger partial charge >= 0.3 is 12.0 Å². The molecular weight excluding hydrogens is 263 g/mol. The number of carboxylic acid groups (broad SMARTS) is 1. The molecule has 0 unspecified atom stereocenters. The SMILES string of the molecule is CN(C(=O)N[C@H](C(=O)O)C(C)(C)C)c1ccccc1F. The second-order valence-corrected chi connectivity index (χ2v) is 5.60. The van der Waals surface area contributed by atoms with Crippen molar-refractivity contribution < 1.29 is 19.1 Å². The largest absolute Gasteiger partial charge is 0.480 e. The number of rotatable bonds is 3. The van der Waals surface area contributed by atoms with Gasteiger partial charge in [0, 0.05) is 7.05 Å². The summed E-state index contributed by atoms with van der Waals surface area (Å²) >= 11 is 0. The Morgan fingerprint density at radius 1 is 1.30 bits per heavy atom. The highest BCUT2D eigenvalue weighted by atomic mass is 19.1. The fourth-order valence-corrected chi connectivity index (χ4v) is 1.70. The molecule has 2 amide bonds. The molecule has 0 aliphatic carbocycles. The summed E-state index contributed by atoms with van der Waals surface area (Å²) in [7, 11) is 1.38. The lowest BCUT2D eigenvalue weighted by atomic mass is 9.87. The number of para-hydroxylation sites is 1. The molecule has 1 aromatic rings. The van der Waals surface area contributed by atoms with E-state index in [0.29, 0.717) is 0 Å². The molecule has 110 valence electrons. The molecule has 0 aliphatic rings. The molecule has 0 saturated heterocycles. The van der Waals surface area contributed by atoms with Crippen molar-refractivity contribution in [3.63, 3.8) is 0 Å². The molecule has 6 heteroatoms. The maximum absolute atomic E-state index is 13.6. The third kappa shape index (κ3) is 3.69. The maximum Gasteiger partial charge on any atom is 0.326 e. The minimum Gasteiger partial charge on any atom is -0.480 e. The smallest absolute Gasteiger partial charge is 0.326 e. The summed E-state index contributed by atoms with van der Waals surface area (Å²) in [4.78, 5) is 24.3. The van der Waals surface area contributed by atoms with Crippen molar-refractivity contribution in [1.82, 2.24) is 5.32 Å². The van der Waals surface area contributed by atoms with Gasteiger partial charge in [0.05, 0.1) is 5.69 Å². The Balaban J connectivity index is 2.90. The highest BCUT2D eigenvalue weighted by molar-refractivity contribution is 5.94. The van der Waals surface area contributed by atoms with Crippen molar-refractivity contribution in [3.05, 3.63) is 30.1 Å². The minimum atomic E-state index is -1.13. The van der Waals surface area contributed by atoms with Crippen LogP contribution < -0.4 is 10.2 Å². The van der Waals surface area contributed by atoms with Crippen LogP contribution in [0.1, 0.15) is 20.8 Å². The molecule has 1 rings (SSSR count). The molecule has 1 aromatic carbocycles. The fraction of sp³-hybridized carbons (Fsp3) is 0.429. The second-order valence-electron chi connectivity index (χ2n) is 5.60. The van der Waals surface area contributed by atoms with Gasteiger partial charge in [-0.3, -0.25) is 4.90 Å². The van der Waals surface area contributed by atoms with E-state index in [2.05, 4.69) is 5.32 Å². The predicted molar refractivity (Wildman–Crippen MR) is 74.2 cm³/mol. The van der Waals surface area contributed by atoms with E-state index in [-0.39, 0.29) is 5.69 Å². The number of carboxylic acids is 1. The Hall–Kier alpha value is -2.11. The van der Waals surface area contributed by atoms with Crippen molar-refractivity contribution in [3.8, 4) is 0 Å². The molecule has 2 N–H and O–H groups in total. The number of benzene rings is 1. The first kappa shape index (κ1) is 15.9. The fourth-order valence-electron chi connectivity index (χ4n) is 1.70. The van der Waals surface area contributed by atoms with Crippen LogP contribution in [0.15, 0.2) is 24.3 Å². The summed E-state index contributed by atoms with van der Waals surface area (Å²) in [5, 5.41) is 11.6. The van der Waals surface area contributed by atoms with E-state index in [1.807, 2.05) is 0 Å². The van der Waals surface area contributed by atoms with Crippen LogP contribution in [0, 0.1) is 11.2 Å². The Morgan fingerprint density at radius 3 is 2.30 bits per heavy atom. The monoisotopic (exact) mass is 282 g/mol. The van der Waals surface area contributed by atoms with Crippen molar-refractivity contribution in [2.24, 2.45) is 5.41 Å². The van der Waals surface area contributed by atoms with E-state index >= 15 is 0 Å². The summed E-state index contributed by atoms with van der Waals surface area (Å²) in [6.07, 6.45) is 0. The average Bonchev–Trinajstić information content (AvgIpc) is 2.33. The highest BCUT2D eigenvalue weighted by Gasteiger charge is 2.33. The zero-order chi connectivity index (χ0) is 15.5. The van der Waals surface area contributed by atoms with E-state index in [1.165, 1.54) is 25.2 Å². The number of hydrogen-bond acceptors (Lipinski definition) is 2. The lowest BCUT2D eigenvalue weighted by Gasteiger charge is -2.29. The average molecular weight is 282 g/mol. The Labute approximate surface area is 117 Å². The van der Waals surface area contributed by atoms with Crippen LogP contribution in [0.2, 0.25) is 0 Å². The molecule has 0 fully saturated rings. The molecule has 20 heavy (non-hydrogen) atoms.